The molecule has 3 atom stereocenters. The summed E-state index contributed by atoms with van der Waals surface area (Å²) in [6.45, 7) is 0. The molecule has 1 aliphatic carbocycles. The SMILES string of the molecule is O=C1[C@H]2[C@@H](c3ccc(Cl)cc3)OC3(C(=O)c4ccccc4C3=O)[C@H]2C(=O)N1c1ccc(Cl)c(Cl)c1. The Hall–Kier alpha value is -3.03. The minimum Gasteiger partial charge on any atom is -0.349 e. The Kier molecular flexibility index (Phi) is 4.96. The van der Waals surface area contributed by atoms with Crippen molar-refractivity contribution in [2.45, 2.75) is 11.7 Å². The average Bonchev–Trinajstić information content (AvgIpc) is 3.41. The predicted molar refractivity (Wildman–Crippen MR) is 129 cm³/mol. The number of ether oxygens (including phenoxy) is 1. The number of ketones is 2. The summed E-state index contributed by atoms with van der Waals surface area (Å²) in [6.07, 6.45) is -1.02. The van der Waals surface area contributed by atoms with E-state index < -0.39 is 46.9 Å². The maximum Gasteiger partial charge on any atom is 0.241 e. The van der Waals surface area contributed by atoms with Crippen LogP contribution in [0.3, 0.4) is 0 Å². The first kappa shape index (κ1) is 22.4. The van der Waals surface area contributed by atoms with Gasteiger partial charge in [0.05, 0.1) is 33.7 Å². The quantitative estimate of drug-likeness (QED) is 0.333. The summed E-state index contributed by atoms with van der Waals surface area (Å²) in [5.41, 5.74) is -1.09. The Balaban J connectivity index is 1.54. The molecule has 3 aromatic rings. The average molecular weight is 527 g/mol. The first-order valence-corrected chi connectivity index (χ1v) is 11.8. The van der Waals surface area contributed by atoms with Gasteiger partial charge in [-0.15, -0.1) is 0 Å². The van der Waals surface area contributed by atoms with E-state index in [0.717, 1.165) is 4.90 Å². The number of benzene rings is 3. The largest absolute Gasteiger partial charge is 0.349 e. The van der Waals surface area contributed by atoms with Crippen LogP contribution >= 0.6 is 34.8 Å². The molecule has 1 spiro atoms. The molecule has 6 rings (SSSR count). The van der Waals surface area contributed by atoms with Gasteiger partial charge in [0.15, 0.2) is 0 Å². The smallest absolute Gasteiger partial charge is 0.241 e. The lowest BCUT2D eigenvalue weighted by Crippen LogP contribution is -2.51. The summed E-state index contributed by atoms with van der Waals surface area (Å²) in [6, 6.07) is 17.2. The second-order valence-electron chi connectivity index (χ2n) is 8.64. The number of hydrogen-bond donors (Lipinski definition) is 0. The Labute approximate surface area is 214 Å². The molecule has 0 bridgehead atoms. The molecule has 2 aliphatic heterocycles. The molecular formula is C26H14Cl3NO5. The molecule has 174 valence electrons. The van der Waals surface area contributed by atoms with Gasteiger partial charge >= 0.3 is 0 Å². The van der Waals surface area contributed by atoms with Gasteiger partial charge in [-0.2, -0.15) is 0 Å². The molecule has 3 aliphatic rings. The third-order valence-corrected chi connectivity index (χ3v) is 7.87. The van der Waals surface area contributed by atoms with Crippen LogP contribution in [0.1, 0.15) is 32.4 Å². The fraction of sp³-hybridized carbons (Fsp3) is 0.154. The lowest BCUT2D eigenvalue weighted by molar-refractivity contribution is -0.127. The van der Waals surface area contributed by atoms with E-state index in [-0.39, 0.29) is 26.9 Å². The maximum atomic E-state index is 13.9. The molecule has 0 aromatic heterocycles. The number of halogens is 3. The van der Waals surface area contributed by atoms with Crippen molar-refractivity contribution < 1.29 is 23.9 Å². The van der Waals surface area contributed by atoms with E-state index >= 15 is 0 Å². The zero-order valence-electron chi connectivity index (χ0n) is 17.7. The van der Waals surface area contributed by atoms with E-state index in [1.807, 2.05) is 0 Å². The minimum absolute atomic E-state index is 0.155. The fourth-order valence-electron chi connectivity index (χ4n) is 5.35. The van der Waals surface area contributed by atoms with Crippen LogP contribution in [-0.2, 0) is 14.3 Å². The van der Waals surface area contributed by atoms with Crippen molar-refractivity contribution in [1.29, 1.82) is 0 Å². The second-order valence-corrected chi connectivity index (χ2v) is 9.89. The van der Waals surface area contributed by atoms with E-state index in [9.17, 15) is 19.2 Å². The molecule has 0 radical (unpaired) electrons. The minimum atomic E-state index is -2.14. The topological polar surface area (TPSA) is 80.8 Å². The van der Waals surface area contributed by atoms with Gasteiger partial charge < -0.3 is 4.74 Å². The maximum absolute atomic E-state index is 13.9. The predicted octanol–water partition coefficient (Wildman–Crippen LogP) is 5.34. The van der Waals surface area contributed by atoms with Gasteiger partial charge in [0.2, 0.25) is 29.0 Å². The number of Topliss-reactive ketones (excluding diaryl/α,β-unsaturated/α-hetero) is 2. The molecule has 3 aromatic carbocycles. The van der Waals surface area contributed by atoms with Gasteiger partial charge in [-0.25, -0.2) is 4.90 Å². The van der Waals surface area contributed by atoms with Crippen LogP contribution in [0.25, 0.3) is 0 Å². The Morgan fingerprint density at radius 3 is 1.97 bits per heavy atom. The van der Waals surface area contributed by atoms with Crippen LogP contribution in [-0.4, -0.2) is 29.0 Å². The van der Waals surface area contributed by atoms with Gasteiger partial charge in [-0.1, -0.05) is 71.2 Å². The van der Waals surface area contributed by atoms with E-state index in [4.69, 9.17) is 39.5 Å². The lowest BCUT2D eigenvalue weighted by Gasteiger charge is -2.27. The van der Waals surface area contributed by atoms with Crippen molar-refractivity contribution in [3.8, 4) is 0 Å². The first-order valence-electron chi connectivity index (χ1n) is 10.7. The van der Waals surface area contributed by atoms with Crippen LogP contribution in [0.15, 0.2) is 66.7 Å². The number of carbonyl (C=O) groups excluding carboxylic acids is 4. The molecule has 35 heavy (non-hydrogen) atoms. The molecule has 2 amide bonds. The third-order valence-electron chi connectivity index (χ3n) is 6.88. The highest BCUT2D eigenvalue weighted by Crippen LogP contribution is 2.57. The molecule has 6 nitrogen and oxygen atoms in total. The van der Waals surface area contributed by atoms with Gasteiger partial charge in [0, 0.05) is 16.1 Å². The standard InChI is InChI=1S/C26H14Cl3NO5/c27-13-7-5-12(6-8-13)21-19-20(25(34)30(24(19)33)14-9-10-17(28)18(29)11-14)26(35-21)22(31)15-3-1-2-4-16(15)23(26)32/h1-11,19-21H/t19-,20-,21-/m1/s1. The summed E-state index contributed by atoms with van der Waals surface area (Å²) in [5, 5.41) is 0.873. The summed E-state index contributed by atoms with van der Waals surface area (Å²) >= 11 is 18.2. The summed E-state index contributed by atoms with van der Waals surface area (Å²) in [4.78, 5) is 56.0. The fourth-order valence-corrected chi connectivity index (χ4v) is 5.77. The summed E-state index contributed by atoms with van der Waals surface area (Å²) < 4.78 is 6.22. The number of hydrogen-bond acceptors (Lipinski definition) is 5. The van der Waals surface area contributed by atoms with E-state index in [0.29, 0.717) is 10.6 Å². The van der Waals surface area contributed by atoms with Crippen LogP contribution in [0.4, 0.5) is 5.69 Å². The highest BCUT2D eigenvalue weighted by Gasteiger charge is 2.74. The normalized spacial score (nSPS) is 24.4. The summed E-state index contributed by atoms with van der Waals surface area (Å²) in [5.74, 6) is -5.00. The van der Waals surface area contributed by atoms with Gasteiger partial charge in [0.25, 0.3) is 0 Å². The van der Waals surface area contributed by atoms with Crippen LogP contribution < -0.4 is 4.90 Å². The van der Waals surface area contributed by atoms with Crippen molar-refractivity contribution in [2.75, 3.05) is 4.90 Å². The van der Waals surface area contributed by atoms with Crippen LogP contribution in [0, 0.1) is 11.8 Å². The molecule has 0 saturated carbocycles. The number of fused-ring (bicyclic) bond motifs is 3. The molecule has 2 fully saturated rings. The van der Waals surface area contributed by atoms with Crippen molar-refractivity contribution in [3.63, 3.8) is 0 Å². The number of carbonyl (C=O) groups is 4. The monoisotopic (exact) mass is 525 g/mol. The van der Waals surface area contributed by atoms with E-state index in [1.54, 1.807) is 36.4 Å². The number of imide groups is 1. The van der Waals surface area contributed by atoms with E-state index in [1.165, 1.54) is 30.3 Å². The molecule has 0 N–H and O–H groups in total. The molecular weight excluding hydrogens is 513 g/mol. The van der Waals surface area contributed by atoms with E-state index in [2.05, 4.69) is 0 Å². The van der Waals surface area contributed by atoms with Crippen molar-refractivity contribution >= 4 is 63.9 Å². The van der Waals surface area contributed by atoms with Crippen LogP contribution in [0.2, 0.25) is 15.1 Å². The number of amides is 2. The highest BCUT2D eigenvalue weighted by molar-refractivity contribution is 6.42. The molecule has 9 heteroatoms. The number of anilines is 1. The number of rotatable bonds is 2. The van der Waals surface area contributed by atoms with Crippen LogP contribution in [0.5, 0.6) is 0 Å². The molecule has 0 unspecified atom stereocenters. The Morgan fingerprint density at radius 1 is 0.743 bits per heavy atom. The van der Waals surface area contributed by atoms with Gasteiger partial charge in [-0.05, 0) is 35.9 Å². The Morgan fingerprint density at radius 2 is 1.37 bits per heavy atom. The third kappa shape index (κ3) is 2.94. The van der Waals surface area contributed by atoms with Crippen molar-refractivity contribution in [1.82, 2.24) is 0 Å². The van der Waals surface area contributed by atoms with Crippen molar-refractivity contribution in [3.05, 3.63) is 98.5 Å². The number of nitrogens with zero attached hydrogens (tertiary/aromatic N) is 1. The first-order chi connectivity index (χ1) is 16.8. The molecule has 2 saturated heterocycles. The Bertz CT molecular complexity index is 1430. The summed E-state index contributed by atoms with van der Waals surface area (Å²) in [7, 11) is 0. The van der Waals surface area contributed by atoms with Gasteiger partial charge in [-0.3, -0.25) is 19.2 Å². The van der Waals surface area contributed by atoms with Gasteiger partial charge in [0.1, 0.15) is 0 Å². The molecule has 2 heterocycles. The highest BCUT2D eigenvalue weighted by atomic mass is 35.5. The zero-order valence-corrected chi connectivity index (χ0v) is 20.0. The lowest BCUT2D eigenvalue weighted by atomic mass is 9.77. The van der Waals surface area contributed by atoms with Crippen molar-refractivity contribution in [2.24, 2.45) is 11.8 Å². The second kappa shape index (κ2) is 7.73. The zero-order chi connectivity index (χ0) is 24.6.